The number of alkyl halides is 3. The number of hydrogen-bond donors (Lipinski definition) is 0. The summed E-state index contributed by atoms with van der Waals surface area (Å²) in [5.74, 6) is 0.0213. The number of piperazine rings is 1. The predicted octanol–water partition coefficient (Wildman–Crippen LogP) is 3.45. The zero-order valence-electron chi connectivity index (χ0n) is 12.7. The van der Waals surface area contributed by atoms with Gasteiger partial charge in [0.25, 0.3) is 0 Å². The molecule has 2 aromatic heterocycles. The van der Waals surface area contributed by atoms with Gasteiger partial charge in [0, 0.05) is 43.4 Å². The zero-order valence-corrected chi connectivity index (χ0v) is 13.5. The summed E-state index contributed by atoms with van der Waals surface area (Å²) in [7, 11) is 0. The van der Waals surface area contributed by atoms with E-state index in [1.54, 1.807) is 16.2 Å². The highest BCUT2D eigenvalue weighted by Gasteiger charge is 2.36. The van der Waals surface area contributed by atoms with Gasteiger partial charge >= 0.3 is 6.18 Å². The van der Waals surface area contributed by atoms with E-state index in [4.69, 9.17) is 0 Å². The SMILES string of the molecule is CCc1cnc(N2CCN(c3ncccc3C(F)(F)F)CC2)s1. The van der Waals surface area contributed by atoms with Crippen LogP contribution in [0.25, 0.3) is 0 Å². The number of hydrogen-bond acceptors (Lipinski definition) is 5. The van der Waals surface area contributed by atoms with Crippen molar-refractivity contribution in [1.82, 2.24) is 9.97 Å². The Hall–Kier alpha value is -1.83. The average Bonchev–Trinajstić information content (AvgIpc) is 3.03. The highest BCUT2D eigenvalue weighted by atomic mass is 32.1. The van der Waals surface area contributed by atoms with Crippen LogP contribution in [0.5, 0.6) is 0 Å². The molecule has 8 heteroatoms. The molecule has 1 aliphatic rings. The first-order valence-corrected chi connectivity index (χ1v) is 8.27. The van der Waals surface area contributed by atoms with Gasteiger partial charge in [-0.05, 0) is 18.6 Å². The van der Waals surface area contributed by atoms with Crippen LogP contribution < -0.4 is 9.80 Å². The molecular weight excluding hydrogens is 325 g/mol. The lowest BCUT2D eigenvalue weighted by Gasteiger charge is -2.36. The average molecular weight is 342 g/mol. The van der Waals surface area contributed by atoms with Crippen LogP contribution in [0.1, 0.15) is 17.4 Å². The minimum absolute atomic E-state index is 0.0213. The van der Waals surface area contributed by atoms with Crippen LogP contribution in [0.15, 0.2) is 24.5 Å². The van der Waals surface area contributed by atoms with E-state index in [-0.39, 0.29) is 5.82 Å². The number of aromatic nitrogens is 2. The Labute approximate surface area is 136 Å². The Balaban J connectivity index is 1.72. The van der Waals surface area contributed by atoms with Crippen molar-refractivity contribution in [3.05, 3.63) is 35.0 Å². The highest BCUT2D eigenvalue weighted by Crippen LogP contribution is 2.35. The molecule has 0 radical (unpaired) electrons. The number of rotatable bonds is 3. The Bertz CT molecular complexity index is 663. The lowest BCUT2D eigenvalue weighted by atomic mass is 10.2. The van der Waals surface area contributed by atoms with E-state index < -0.39 is 11.7 Å². The standard InChI is InChI=1S/C15H17F3N4S/c1-2-11-10-20-14(23-11)22-8-6-21(7-9-22)13-12(15(16,17)18)4-3-5-19-13/h3-5,10H,2,6-9H2,1H3. The second-order valence-corrected chi connectivity index (χ2v) is 6.40. The van der Waals surface area contributed by atoms with Gasteiger partial charge in [-0.25, -0.2) is 9.97 Å². The van der Waals surface area contributed by atoms with Crippen LogP contribution in [0, 0.1) is 0 Å². The van der Waals surface area contributed by atoms with Gasteiger partial charge in [0.05, 0.1) is 5.56 Å². The van der Waals surface area contributed by atoms with Crippen LogP contribution in [0.3, 0.4) is 0 Å². The molecular formula is C15H17F3N4S. The Morgan fingerprint density at radius 3 is 2.43 bits per heavy atom. The minimum Gasteiger partial charge on any atom is -0.353 e. The van der Waals surface area contributed by atoms with Gasteiger partial charge in [-0.1, -0.05) is 6.92 Å². The number of thiazole rings is 1. The van der Waals surface area contributed by atoms with Crippen molar-refractivity contribution in [2.45, 2.75) is 19.5 Å². The van der Waals surface area contributed by atoms with E-state index in [1.165, 1.54) is 17.1 Å². The minimum atomic E-state index is -4.38. The summed E-state index contributed by atoms with van der Waals surface area (Å²) in [5.41, 5.74) is -0.670. The predicted molar refractivity (Wildman–Crippen MR) is 85.2 cm³/mol. The van der Waals surface area contributed by atoms with Gasteiger partial charge in [-0.3, -0.25) is 0 Å². The van der Waals surface area contributed by atoms with Crippen LogP contribution in [-0.2, 0) is 12.6 Å². The van der Waals surface area contributed by atoms with Gasteiger partial charge in [-0.15, -0.1) is 11.3 Å². The van der Waals surface area contributed by atoms with E-state index in [2.05, 4.69) is 21.8 Å². The number of pyridine rings is 1. The topological polar surface area (TPSA) is 32.3 Å². The molecule has 0 aliphatic carbocycles. The second-order valence-electron chi connectivity index (χ2n) is 5.31. The second kappa shape index (κ2) is 6.35. The first-order chi connectivity index (χ1) is 11.0. The third-order valence-electron chi connectivity index (χ3n) is 3.83. The molecule has 3 heterocycles. The summed E-state index contributed by atoms with van der Waals surface area (Å²) in [6, 6.07) is 2.41. The molecule has 0 spiro atoms. The van der Waals surface area contributed by atoms with E-state index in [0.717, 1.165) is 17.6 Å². The van der Waals surface area contributed by atoms with Crippen LogP contribution in [0.4, 0.5) is 24.1 Å². The van der Waals surface area contributed by atoms with Crippen molar-refractivity contribution < 1.29 is 13.2 Å². The maximum atomic E-state index is 13.1. The molecule has 0 unspecified atom stereocenters. The largest absolute Gasteiger partial charge is 0.419 e. The summed E-state index contributed by atoms with van der Waals surface area (Å²) in [4.78, 5) is 13.4. The molecule has 0 aromatic carbocycles. The monoisotopic (exact) mass is 342 g/mol. The number of aryl methyl sites for hydroxylation is 1. The summed E-state index contributed by atoms with van der Waals surface area (Å²) < 4.78 is 39.3. The fourth-order valence-corrected chi connectivity index (χ4v) is 3.49. The summed E-state index contributed by atoms with van der Waals surface area (Å²) in [6.07, 6.45) is -0.162. The summed E-state index contributed by atoms with van der Waals surface area (Å²) >= 11 is 1.64. The van der Waals surface area contributed by atoms with E-state index in [0.29, 0.717) is 26.2 Å². The molecule has 2 aromatic rings. The Morgan fingerprint density at radius 1 is 1.13 bits per heavy atom. The third-order valence-corrected chi connectivity index (χ3v) is 5.03. The molecule has 0 saturated carbocycles. The van der Waals surface area contributed by atoms with E-state index in [1.807, 2.05) is 6.20 Å². The maximum absolute atomic E-state index is 13.1. The summed E-state index contributed by atoms with van der Waals surface area (Å²) in [6.45, 7) is 4.37. The first-order valence-electron chi connectivity index (χ1n) is 7.46. The molecule has 4 nitrogen and oxygen atoms in total. The van der Waals surface area contributed by atoms with Gasteiger partial charge < -0.3 is 9.80 Å². The number of nitrogens with zero attached hydrogens (tertiary/aromatic N) is 4. The first kappa shape index (κ1) is 16.0. The molecule has 1 saturated heterocycles. The van der Waals surface area contributed by atoms with E-state index in [9.17, 15) is 13.2 Å². The Kier molecular flexibility index (Phi) is 4.43. The van der Waals surface area contributed by atoms with Gasteiger partial charge in [-0.2, -0.15) is 13.2 Å². The molecule has 0 amide bonds. The normalized spacial score (nSPS) is 16.0. The molecule has 0 atom stereocenters. The quantitative estimate of drug-likeness (QED) is 0.855. The van der Waals surface area contributed by atoms with Crippen molar-refractivity contribution in [3.63, 3.8) is 0 Å². The fraction of sp³-hybridized carbons (Fsp3) is 0.467. The van der Waals surface area contributed by atoms with E-state index >= 15 is 0 Å². The van der Waals surface area contributed by atoms with Crippen molar-refractivity contribution >= 4 is 22.3 Å². The lowest BCUT2D eigenvalue weighted by Crippen LogP contribution is -2.47. The zero-order chi connectivity index (χ0) is 16.4. The number of halogens is 3. The molecule has 1 fully saturated rings. The van der Waals surface area contributed by atoms with Gasteiger partial charge in [0.15, 0.2) is 5.13 Å². The smallest absolute Gasteiger partial charge is 0.353 e. The number of anilines is 2. The lowest BCUT2D eigenvalue weighted by molar-refractivity contribution is -0.137. The molecule has 3 rings (SSSR count). The molecule has 124 valence electrons. The molecule has 0 N–H and O–H groups in total. The molecule has 0 bridgehead atoms. The molecule has 1 aliphatic heterocycles. The van der Waals surface area contributed by atoms with Crippen LogP contribution in [0.2, 0.25) is 0 Å². The van der Waals surface area contributed by atoms with Crippen LogP contribution in [-0.4, -0.2) is 36.1 Å². The highest BCUT2D eigenvalue weighted by molar-refractivity contribution is 7.15. The molecule has 23 heavy (non-hydrogen) atoms. The third kappa shape index (κ3) is 3.41. The van der Waals surface area contributed by atoms with Gasteiger partial charge in [0.2, 0.25) is 0 Å². The van der Waals surface area contributed by atoms with Crippen molar-refractivity contribution in [1.29, 1.82) is 0 Å². The van der Waals surface area contributed by atoms with Gasteiger partial charge in [0.1, 0.15) is 5.82 Å². The maximum Gasteiger partial charge on any atom is 0.419 e. The van der Waals surface area contributed by atoms with Crippen molar-refractivity contribution in [3.8, 4) is 0 Å². The summed E-state index contributed by atoms with van der Waals surface area (Å²) in [5, 5.41) is 0.943. The Morgan fingerprint density at radius 2 is 1.83 bits per heavy atom. The fourth-order valence-electron chi connectivity index (χ4n) is 2.59. The van der Waals surface area contributed by atoms with Crippen molar-refractivity contribution in [2.24, 2.45) is 0 Å². The van der Waals surface area contributed by atoms with Crippen LogP contribution >= 0.6 is 11.3 Å². The van der Waals surface area contributed by atoms with Crippen molar-refractivity contribution in [2.75, 3.05) is 36.0 Å².